The van der Waals surface area contributed by atoms with Crippen LogP contribution in [0.2, 0.25) is 0 Å². The van der Waals surface area contributed by atoms with Gasteiger partial charge in [-0.1, -0.05) is 32.8 Å². The van der Waals surface area contributed by atoms with Gasteiger partial charge in [-0.3, -0.25) is 19.2 Å². The number of alkyl halides is 2. The number of rotatable bonds is 12. The Hall–Kier alpha value is -3.10. The summed E-state index contributed by atoms with van der Waals surface area (Å²) in [6, 6.07) is -4.02. The third-order valence-electron chi connectivity index (χ3n) is 12.1. The molecule has 2 heterocycles. The van der Waals surface area contributed by atoms with E-state index >= 15 is 0 Å². The number of Topliss-reactive ketones (excluding diaryl/α,β-unsaturated/α-hetero) is 1. The standard InChI is InChI=1S/C35H53F2N5O7S/c1-9-16-38-28(45)25(43)22(17-20-10-11-20)39-27(44)24-23-21(32(23,5)6)18-41(24)29(46)26-33(7,8)42(30(47)40-26)34(12-14-35(36,37)15-13-34)19-50(48,49)31(2,3)4/h9,20-24,26H,1,10-19H2,2-8H3,(H,38,45)(H,39,44)(H,40,47)/t21?,22?,23-,24-,26?/m0/s1. The average molecular weight is 726 g/mol. The Kier molecular flexibility index (Phi) is 9.57. The van der Waals surface area contributed by atoms with Gasteiger partial charge in [0.15, 0.2) is 9.84 Å². The number of carbonyl (C=O) groups excluding carboxylic acids is 5. The van der Waals surface area contributed by atoms with Gasteiger partial charge in [-0.05, 0) is 77.0 Å². The molecule has 3 saturated carbocycles. The van der Waals surface area contributed by atoms with Crippen LogP contribution in [0.5, 0.6) is 0 Å². The molecule has 5 atom stereocenters. The number of sulfone groups is 1. The van der Waals surface area contributed by atoms with Gasteiger partial charge in [0, 0.05) is 25.9 Å². The van der Waals surface area contributed by atoms with E-state index in [1.165, 1.54) is 36.6 Å². The lowest BCUT2D eigenvalue weighted by molar-refractivity contribution is -0.145. The van der Waals surface area contributed by atoms with Crippen molar-refractivity contribution in [3.63, 3.8) is 0 Å². The van der Waals surface area contributed by atoms with Crippen LogP contribution in [0.4, 0.5) is 13.6 Å². The summed E-state index contributed by atoms with van der Waals surface area (Å²) in [5.74, 6) is -6.36. The second-order valence-electron chi connectivity index (χ2n) is 17.3. The fourth-order valence-electron chi connectivity index (χ4n) is 8.59. The molecular weight excluding hydrogens is 672 g/mol. The van der Waals surface area contributed by atoms with Crippen molar-refractivity contribution in [3.8, 4) is 0 Å². The highest BCUT2D eigenvalue weighted by Gasteiger charge is 2.71. The molecule has 5 amide bonds. The number of ketones is 1. The van der Waals surface area contributed by atoms with E-state index in [0.29, 0.717) is 6.42 Å². The molecule has 5 rings (SSSR count). The summed E-state index contributed by atoms with van der Waals surface area (Å²) in [6.07, 6.45) is 1.74. The molecule has 5 fully saturated rings. The maximum Gasteiger partial charge on any atom is 0.319 e. The van der Waals surface area contributed by atoms with E-state index in [1.54, 1.807) is 13.8 Å². The molecule has 5 aliphatic rings. The second-order valence-corrected chi connectivity index (χ2v) is 20.1. The lowest BCUT2D eigenvalue weighted by atomic mass is 9.77. The predicted molar refractivity (Wildman–Crippen MR) is 182 cm³/mol. The topological polar surface area (TPSA) is 162 Å². The molecule has 0 bridgehead atoms. The zero-order chi connectivity index (χ0) is 37.4. The van der Waals surface area contributed by atoms with Crippen LogP contribution in [0, 0.1) is 23.2 Å². The molecular formula is C35H53F2N5O7S. The number of hydrogen-bond donors (Lipinski definition) is 3. The van der Waals surface area contributed by atoms with E-state index in [4.69, 9.17) is 0 Å². The van der Waals surface area contributed by atoms with E-state index in [0.717, 1.165) is 12.8 Å². The molecule has 3 unspecified atom stereocenters. The molecule has 0 radical (unpaired) electrons. The number of halogens is 2. The highest BCUT2D eigenvalue weighted by molar-refractivity contribution is 7.92. The van der Waals surface area contributed by atoms with Gasteiger partial charge in [0.1, 0.15) is 12.1 Å². The van der Waals surface area contributed by atoms with Crippen molar-refractivity contribution in [2.45, 2.75) is 133 Å². The first kappa shape index (κ1) is 38.1. The van der Waals surface area contributed by atoms with Crippen molar-refractivity contribution in [3.05, 3.63) is 12.7 Å². The number of carbonyl (C=O) groups is 5. The highest BCUT2D eigenvalue weighted by atomic mass is 32.2. The van der Waals surface area contributed by atoms with Gasteiger partial charge in [-0.15, -0.1) is 6.58 Å². The molecule has 50 heavy (non-hydrogen) atoms. The van der Waals surface area contributed by atoms with Crippen LogP contribution < -0.4 is 16.0 Å². The lowest BCUT2D eigenvalue weighted by Crippen LogP contribution is -2.66. The quantitative estimate of drug-likeness (QED) is 0.206. The summed E-state index contributed by atoms with van der Waals surface area (Å²) in [7, 11) is -3.90. The summed E-state index contributed by atoms with van der Waals surface area (Å²) in [5, 5.41) is 8.01. The summed E-state index contributed by atoms with van der Waals surface area (Å²) in [5.41, 5.74) is -3.15. The molecule has 2 saturated heterocycles. The van der Waals surface area contributed by atoms with Crippen molar-refractivity contribution in [1.82, 2.24) is 25.8 Å². The highest BCUT2D eigenvalue weighted by Crippen LogP contribution is 2.65. The van der Waals surface area contributed by atoms with Gasteiger partial charge in [0.2, 0.25) is 23.5 Å². The van der Waals surface area contributed by atoms with Gasteiger partial charge < -0.3 is 25.8 Å². The molecule has 0 spiro atoms. The number of piperidine rings is 1. The van der Waals surface area contributed by atoms with E-state index in [1.807, 2.05) is 13.8 Å². The van der Waals surface area contributed by atoms with Gasteiger partial charge in [0.25, 0.3) is 5.91 Å². The number of amides is 5. The summed E-state index contributed by atoms with van der Waals surface area (Å²) < 4.78 is 55.0. The maximum absolute atomic E-state index is 14.5. The molecule has 2 aliphatic heterocycles. The van der Waals surface area contributed by atoms with Gasteiger partial charge in [0.05, 0.1) is 27.6 Å². The third kappa shape index (κ3) is 6.79. The van der Waals surface area contributed by atoms with Crippen molar-refractivity contribution in [1.29, 1.82) is 0 Å². The van der Waals surface area contributed by atoms with Crippen molar-refractivity contribution in [2.24, 2.45) is 23.2 Å². The first-order chi connectivity index (χ1) is 22.9. The summed E-state index contributed by atoms with van der Waals surface area (Å²) >= 11 is 0. The molecule has 0 aromatic heterocycles. The van der Waals surface area contributed by atoms with Crippen molar-refractivity contribution >= 4 is 39.4 Å². The van der Waals surface area contributed by atoms with Gasteiger partial charge >= 0.3 is 6.03 Å². The van der Waals surface area contributed by atoms with Crippen LogP contribution >= 0.6 is 0 Å². The smallest absolute Gasteiger partial charge is 0.319 e. The monoisotopic (exact) mass is 725 g/mol. The molecule has 0 aromatic carbocycles. The van der Waals surface area contributed by atoms with E-state index in [-0.39, 0.29) is 49.1 Å². The second kappa shape index (κ2) is 12.5. The number of nitrogens with zero attached hydrogens (tertiary/aromatic N) is 2. The Morgan fingerprint density at radius 3 is 2.20 bits per heavy atom. The maximum atomic E-state index is 14.5. The molecule has 15 heteroatoms. The minimum atomic E-state index is -3.90. The average Bonchev–Trinajstić information content (AvgIpc) is 3.81. The molecule has 12 nitrogen and oxygen atoms in total. The molecule has 0 aromatic rings. The Labute approximate surface area is 293 Å². The van der Waals surface area contributed by atoms with Gasteiger partial charge in [-0.2, -0.15) is 0 Å². The SMILES string of the molecule is C=CCNC(=O)C(=O)C(CC1CC1)NC(=O)[C@@H]1[C@@H]2C(CN1C(=O)C1NC(=O)N(C3(CS(=O)(=O)C(C)(C)C)CCC(F)(F)CC3)C1(C)C)C2(C)C. The fourth-order valence-corrected chi connectivity index (χ4v) is 10.2. The third-order valence-corrected chi connectivity index (χ3v) is 14.9. The number of hydrogen-bond acceptors (Lipinski definition) is 7. The molecule has 280 valence electrons. The van der Waals surface area contributed by atoms with Crippen LogP contribution in [0.25, 0.3) is 0 Å². The Bertz CT molecular complexity index is 1560. The normalized spacial score (nSPS) is 29.7. The Morgan fingerprint density at radius 2 is 1.66 bits per heavy atom. The minimum absolute atomic E-state index is 0.0316. The number of nitrogens with one attached hydrogen (secondary N) is 3. The van der Waals surface area contributed by atoms with E-state index < -0.39 is 97.8 Å². The van der Waals surface area contributed by atoms with Crippen molar-refractivity contribution in [2.75, 3.05) is 18.8 Å². The van der Waals surface area contributed by atoms with Crippen molar-refractivity contribution < 1.29 is 41.2 Å². The molecule has 3 aliphatic carbocycles. The lowest BCUT2D eigenvalue weighted by Gasteiger charge is -2.51. The number of likely N-dealkylation sites (tertiary alicyclic amines) is 1. The Morgan fingerprint density at radius 1 is 1.06 bits per heavy atom. The zero-order valence-electron chi connectivity index (χ0n) is 30.2. The van der Waals surface area contributed by atoms with E-state index in [2.05, 4.69) is 22.5 Å². The van der Waals surface area contributed by atoms with Crippen LogP contribution in [0.15, 0.2) is 12.7 Å². The number of fused-ring (bicyclic) bond motifs is 1. The summed E-state index contributed by atoms with van der Waals surface area (Å²) in [6.45, 7) is 15.7. The predicted octanol–water partition coefficient (Wildman–Crippen LogP) is 2.96. The van der Waals surface area contributed by atoms with Crippen LogP contribution in [0.1, 0.15) is 93.4 Å². The van der Waals surface area contributed by atoms with E-state index in [9.17, 15) is 41.2 Å². The molecule has 3 N–H and O–H groups in total. The summed E-state index contributed by atoms with van der Waals surface area (Å²) in [4.78, 5) is 71.0. The zero-order valence-corrected chi connectivity index (χ0v) is 31.1. The Balaban J connectivity index is 1.42. The first-order valence-electron chi connectivity index (χ1n) is 17.6. The number of urea groups is 1. The fraction of sp³-hybridized carbons (Fsp3) is 0.800. The van der Waals surface area contributed by atoms with Gasteiger partial charge in [-0.25, -0.2) is 22.0 Å². The first-order valence-corrected chi connectivity index (χ1v) is 19.3. The largest absolute Gasteiger partial charge is 0.346 e. The van der Waals surface area contributed by atoms with Crippen LogP contribution in [-0.2, 0) is 29.0 Å². The minimum Gasteiger partial charge on any atom is -0.346 e. The van der Waals surface area contributed by atoms with Crippen LogP contribution in [0.3, 0.4) is 0 Å². The van der Waals surface area contributed by atoms with Crippen LogP contribution in [-0.4, -0.2) is 106 Å².